The predicted molar refractivity (Wildman–Crippen MR) is 48.2 cm³/mol. The Hall–Kier alpha value is -1.58. The molecule has 0 aliphatic rings. The predicted octanol–water partition coefficient (Wildman–Crippen LogP) is 1.31. The molecule has 2 aromatic heterocycles. The van der Waals surface area contributed by atoms with Crippen LogP contribution in [0, 0.1) is 6.92 Å². The zero-order valence-corrected chi connectivity index (χ0v) is 7.05. The van der Waals surface area contributed by atoms with Gasteiger partial charge < -0.3 is 10.3 Å². The van der Waals surface area contributed by atoms with Gasteiger partial charge in [-0.15, -0.1) is 0 Å². The number of nitrogens with zero attached hydrogens (tertiary/aromatic N) is 2. The molecule has 0 amide bonds. The minimum atomic E-state index is 0.842. The van der Waals surface area contributed by atoms with Gasteiger partial charge in [-0.1, -0.05) is 0 Å². The lowest BCUT2D eigenvalue weighted by Gasteiger charge is -1.95. The van der Waals surface area contributed by atoms with E-state index in [-0.39, 0.29) is 0 Å². The van der Waals surface area contributed by atoms with E-state index in [1.165, 1.54) is 0 Å². The number of rotatable bonds is 1. The molecule has 0 spiro atoms. The topological polar surface area (TPSA) is 53.6 Å². The van der Waals surface area contributed by atoms with E-state index in [4.69, 9.17) is 0 Å². The average molecular weight is 162 g/mol. The molecule has 0 atom stereocenters. The molecule has 2 heterocycles. The van der Waals surface area contributed by atoms with Gasteiger partial charge in [0.25, 0.3) is 0 Å². The van der Waals surface area contributed by atoms with Gasteiger partial charge in [-0.3, -0.25) is 0 Å². The number of anilines is 1. The smallest absolute Gasteiger partial charge is 0.127 e. The highest BCUT2D eigenvalue weighted by Crippen LogP contribution is 2.12. The number of H-pyrrole nitrogens is 1. The summed E-state index contributed by atoms with van der Waals surface area (Å²) in [6.07, 6.45) is 1.78. The van der Waals surface area contributed by atoms with Crippen LogP contribution >= 0.6 is 0 Å². The summed E-state index contributed by atoms with van der Waals surface area (Å²) in [5.41, 5.74) is 1.93. The van der Waals surface area contributed by atoms with Crippen LogP contribution in [0.1, 0.15) is 5.82 Å². The van der Waals surface area contributed by atoms with E-state index >= 15 is 0 Å². The second kappa shape index (κ2) is 2.48. The van der Waals surface area contributed by atoms with Crippen molar-refractivity contribution >= 4 is 16.9 Å². The molecular formula is C8H10N4. The van der Waals surface area contributed by atoms with Gasteiger partial charge in [0.05, 0.1) is 17.2 Å². The third-order valence-electron chi connectivity index (χ3n) is 1.74. The van der Waals surface area contributed by atoms with E-state index in [2.05, 4.69) is 20.3 Å². The fourth-order valence-corrected chi connectivity index (χ4v) is 1.17. The number of hydrogen-bond acceptors (Lipinski definition) is 3. The van der Waals surface area contributed by atoms with Gasteiger partial charge in [0, 0.05) is 13.1 Å². The van der Waals surface area contributed by atoms with E-state index in [9.17, 15) is 0 Å². The quantitative estimate of drug-likeness (QED) is 0.664. The van der Waals surface area contributed by atoms with Crippen molar-refractivity contribution in [3.05, 3.63) is 18.1 Å². The normalized spacial score (nSPS) is 10.5. The first-order valence-electron chi connectivity index (χ1n) is 3.80. The molecule has 0 aromatic carbocycles. The van der Waals surface area contributed by atoms with Crippen LogP contribution in [-0.4, -0.2) is 22.0 Å². The van der Waals surface area contributed by atoms with Crippen molar-refractivity contribution in [2.45, 2.75) is 6.92 Å². The lowest BCUT2D eigenvalue weighted by atomic mass is 10.4. The maximum Gasteiger partial charge on any atom is 0.127 e. The average Bonchev–Trinajstić information content (AvgIpc) is 2.43. The zero-order valence-electron chi connectivity index (χ0n) is 7.05. The molecule has 12 heavy (non-hydrogen) atoms. The highest BCUT2D eigenvalue weighted by molar-refractivity contribution is 5.76. The molecular weight excluding hydrogens is 152 g/mol. The van der Waals surface area contributed by atoms with Gasteiger partial charge in [0.15, 0.2) is 0 Å². The number of aromatic amines is 1. The maximum absolute atomic E-state index is 4.29. The second-order valence-electron chi connectivity index (χ2n) is 2.66. The fourth-order valence-electron chi connectivity index (χ4n) is 1.17. The molecule has 62 valence electrons. The van der Waals surface area contributed by atoms with Gasteiger partial charge in [0.1, 0.15) is 11.6 Å². The molecule has 0 bridgehead atoms. The molecule has 0 saturated carbocycles. The second-order valence-corrected chi connectivity index (χ2v) is 2.66. The summed E-state index contributed by atoms with van der Waals surface area (Å²) in [5.74, 6) is 1.76. The molecule has 4 nitrogen and oxygen atoms in total. The van der Waals surface area contributed by atoms with Crippen LogP contribution in [0.3, 0.4) is 0 Å². The van der Waals surface area contributed by atoms with Crippen LogP contribution in [-0.2, 0) is 0 Å². The first kappa shape index (κ1) is 7.09. The Labute approximate surface area is 70.0 Å². The minimum absolute atomic E-state index is 0.842. The lowest BCUT2D eigenvalue weighted by molar-refractivity contribution is 1.17. The SMILES string of the molecule is CNc1cc2nc(C)[nH]c2cn1. The summed E-state index contributed by atoms with van der Waals surface area (Å²) in [7, 11) is 1.84. The molecule has 0 aliphatic heterocycles. The van der Waals surface area contributed by atoms with E-state index in [1.54, 1.807) is 6.20 Å². The fraction of sp³-hybridized carbons (Fsp3) is 0.250. The first-order valence-corrected chi connectivity index (χ1v) is 3.80. The van der Waals surface area contributed by atoms with Crippen LogP contribution < -0.4 is 5.32 Å². The number of pyridine rings is 1. The van der Waals surface area contributed by atoms with Crippen molar-refractivity contribution in [2.24, 2.45) is 0 Å². The standard InChI is InChI=1S/C8H10N4/c1-5-11-6-3-8(9-2)10-4-7(6)12-5/h3-4H,1-2H3,(H,9,10)(H,11,12). The van der Waals surface area contributed by atoms with Crippen molar-refractivity contribution in [1.82, 2.24) is 15.0 Å². The van der Waals surface area contributed by atoms with Crippen LogP contribution in [0.15, 0.2) is 12.3 Å². The van der Waals surface area contributed by atoms with Crippen LogP contribution in [0.25, 0.3) is 11.0 Å². The van der Waals surface area contributed by atoms with Gasteiger partial charge in [-0.2, -0.15) is 0 Å². The first-order chi connectivity index (χ1) is 5.79. The summed E-state index contributed by atoms with van der Waals surface area (Å²) in [4.78, 5) is 11.6. The van der Waals surface area contributed by atoms with E-state index < -0.39 is 0 Å². The highest BCUT2D eigenvalue weighted by Gasteiger charge is 1.99. The molecule has 0 fully saturated rings. The monoisotopic (exact) mass is 162 g/mol. The Balaban J connectivity index is 2.66. The molecule has 0 aliphatic carbocycles. The lowest BCUT2D eigenvalue weighted by Crippen LogP contribution is -1.90. The molecule has 4 heteroatoms. The van der Waals surface area contributed by atoms with Crippen molar-refractivity contribution in [1.29, 1.82) is 0 Å². The van der Waals surface area contributed by atoms with Crippen molar-refractivity contribution < 1.29 is 0 Å². The van der Waals surface area contributed by atoms with Crippen LogP contribution in [0.4, 0.5) is 5.82 Å². The molecule has 2 N–H and O–H groups in total. The number of aryl methyl sites for hydroxylation is 1. The number of imidazole rings is 1. The van der Waals surface area contributed by atoms with Crippen LogP contribution in [0.2, 0.25) is 0 Å². The summed E-state index contributed by atoms with van der Waals surface area (Å²) >= 11 is 0. The van der Waals surface area contributed by atoms with Crippen molar-refractivity contribution in [3.8, 4) is 0 Å². The van der Waals surface area contributed by atoms with E-state index in [0.29, 0.717) is 0 Å². The molecule has 2 aromatic rings. The van der Waals surface area contributed by atoms with Crippen LogP contribution in [0.5, 0.6) is 0 Å². The molecule has 2 rings (SSSR count). The van der Waals surface area contributed by atoms with Gasteiger partial charge in [-0.25, -0.2) is 9.97 Å². The molecule has 0 unspecified atom stereocenters. The number of aromatic nitrogens is 3. The molecule has 0 saturated heterocycles. The third-order valence-corrected chi connectivity index (χ3v) is 1.74. The highest BCUT2D eigenvalue weighted by atomic mass is 15.0. The molecule has 0 radical (unpaired) electrons. The number of nitrogens with one attached hydrogen (secondary N) is 2. The van der Waals surface area contributed by atoms with Gasteiger partial charge in [-0.05, 0) is 6.92 Å². The number of fused-ring (bicyclic) bond motifs is 1. The van der Waals surface area contributed by atoms with E-state index in [1.807, 2.05) is 20.0 Å². The third kappa shape index (κ3) is 1.01. The Kier molecular flexibility index (Phi) is 1.46. The largest absolute Gasteiger partial charge is 0.373 e. The Morgan fingerprint density at radius 3 is 3.08 bits per heavy atom. The Bertz CT molecular complexity index is 404. The Morgan fingerprint density at radius 2 is 2.33 bits per heavy atom. The number of hydrogen-bond donors (Lipinski definition) is 2. The van der Waals surface area contributed by atoms with Gasteiger partial charge in [0.2, 0.25) is 0 Å². The Morgan fingerprint density at radius 1 is 1.50 bits per heavy atom. The minimum Gasteiger partial charge on any atom is -0.373 e. The van der Waals surface area contributed by atoms with Crippen molar-refractivity contribution in [2.75, 3.05) is 12.4 Å². The summed E-state index contributed by atoms with van der Waals surface area (Å²) in [6, 6.07) is 1.92. The van der Waals surface area contributed by atoms with Crippen molar-refractivity contribution in [3.63, 3.8) is 0 Å². The summed E-state index contributed by atoms with van der Waals surface area (Å²) in [5, 5.41) is 2.96. The van der Waals surface area contributed by atoms with Gasteiger partial charge >= 0.3 is 0 Å². The van der Waals surface area contributed by atoms with E-state index in [0.717, 1.165) is 22.7 Å². The summed E-state index contributed by atoms with van der Waals surface area (Å²) in [6.45, 7) is 1.93. The summed E-state index contributed by atoms with van der Waals surface area (Å²) < 4.78 is 0. The maximum atomic E-state index is 4.29. The zero-order chi connectivity index (χ0) is 8.55.